The van der Waals surface area contributed by atoms with Crippen LogP contribution in [0.1, 0.15) is 19.4 Å². The Bertz CT molecular complexity index is 418. The minimum Gasteiger partial charge on any atom is -0.480 e. The molecule has 1 aliphatic rings. The molecule has 0 aliphatic carbocycles. The van der Waals surface area contributed by atoms with Gasteiger partial charge in [-0.3, -0.25) is 4.79 Å². The number of fused-ring (bicyclic) bond motifs is 1. The highest BCUT2D eigenvalue weighted by atomic mass is 16.7. The van der Waals surface area contributed by atoms with Crippen molar-refractivity contribution in [3.8, 4) is 5.75 Å². The second kappa shape index (κ2) is 7.26. The monoisotopic (exact) mass is 279 g/mol. The Morgan fingerprint density at radius 1 is 1.35 bits per heavy atom. The van der Waals surface area contributed by atoms with E-state index in [4.69, 9.17) is 14.2 Å². The van der Waals surface area contributed by atoms with E-state index in [1.54, 1.807) is 0 Å². The quantitative estimate of drug-likeness (QED) is 0.769. The smallest absolute Gasteiger partial charge is 0.261 e. The summed E-state index contributed by atoms with van der Waals surface area (Å²) in [5, 5.41) is 2.82. The van der Waals surface area contributed by atoms with Gasteiger partial charge in [0.15, 0.2) is 12.4 Å². The van der Waals surface area contributed by atoms with Gasteiger partial charge in [0, 0.05) is 19.6 Å². The molecule has 1 amide bonds. The van der Waals surface area contributed by atoms with Crippen molar-refractivity contribution in [2.45, 2.75) is 32.7 Å². The van der Waals surface area contributed by atoms with Crippen LogP contribution in [0, 0.1) is 0 Å². The van der Waals surface area contributed by atoms with Gasteiger partial charge in [-0.2, -0.15) is 0 Å². The fraction of sp³-hybridized carbons (Fsp3) is 0.533. The maximum Gasteiger partial charge on any atom is 0.261 e. The number of nitrogens with one attached hydrogen (secondary N) is 1. The van der Waals surface area contributed by atoms with Gasteiger partial charge in [0.25, 0.3) is 5.91 Å². The predicted molar refractivity (Wildman–Crippen MR) is 74.6 cm³/mol. The fourth-order valence-corrected chi connectivity index (χ4v) is 2.16. The van der Waals surface area contributed by atoms with Crippen molar-refractivity contribution in [1.82, 2.24) is 5.32 Å². The average Bonchev–Trinajstić information content (AvgIpc) is 2.89. The summed E-state index contributed by atoms with van der Waals surface area (Å²) in [4.78, 5) is 12.1. The van der Waals surface area contributed by atoms with Gasteiger partial charge in [-0.1, -0.05) is 18.2 Å². The lowest BCUT2D eigenvalue weighted by molar-refractivity contribution is -0.143. The van der Waals surface area contributed by atoms with Gasteiger partial charge in [-0.05, 0) is 25.5 Å². The van der Waals surface area contributed by atoms with Crippen molar-refractivity contribution >= 4 is 5.91 Å². The third kappa shape index (κ3) is 3.71. The molecule has 0 saturated carbocycles. The molecule has 1 N–H and O–H groups in total. The van der Waals surface area contributed by atoms with Crippen LogP contribution in [0.5, 0.6) is 5.75 Å². The van der Waals surface area contributed by atoms with Crippen molar-refractivity contribution in [2.24, 2.45) is 0 Å². The van der Waals surface area contributed by atoms with Crippen molar-refractivity contribution in [2.75, 3.05) is 19.8 Å². The van der Waals surface area contributed by atoms with E-state index in [0.717, 1.165) is 11.3 Å². The van der Waals surface area contributed by atoms with Crippen molar-refractivity contribution in [1.29, 1.82) is 0 Å². The number of hydrogen-bond acceptors (Lipinski definition) is 4. The van der Waals surface area contributed by atoms with Gasteiger partial charge in [0.2, 0.25) is 0 Å². The molecule has 5 nitrogen and oxygen atoms in total. The van der Waals surface area contributed by atoms with Crippen LogP contribution >= 0.6 is 0 Å². The highest BCUT2D eigenvalue weighted by Gasteiger charge is 2.28. The molecule has 1 aliphatic heterocycles. The van der Waals surface area contributed by atoms with Crippen LogP contribution in [0.25, 0.3) is 0 Å². The van der Waals surface area contributed by atoms with E-state index < -0.39 is 12.4 Å². The van der Waals surface area contributed by atoms with Crippen molar-refractivity contribution in [3.05, 3.63) is 29.8 Å². The van der Waals surface area contributed by atoms with E-state index in [9.17, 15) is 4.79 Å². The zero-order valence-corrected chi connectivity index (χ0v) is 11.9. The molecule has 110 valence electrons. The molecule has 0 bridgehead atoms. The summed E-state index contributed by atoms with van der Waals surface area (Å²) >= 11 is 0. The first-order chi connectivity index (χ1) is 9.74. The summed E-state index contributed by atoms with van der Waals surface area (Å²) in [6, 6.07) is 7.71. The van der Waals surface area contributed by atoms with E-state index in [1.165, 1.54) is 0 Å². The normalized spacial score (nSPS) is 16.9. The third-order valence-electron chi connectivity index (χ3n) is 3.09. The summed E-state index contributed by atoms with van der Waals surface area (Å²) in [6.45, 7) is 5.21. The number of hydrogen-bond donors (Lipinski definition) is 1. The number of carbonyl (C=O) groups excluding carboxylic acids is 1. The Hall–Kier alpha value is -1.59. The summed E-state index contributed by atoms with van der Waals surface area (Å²) in [7, 11) is 0. The minimum atomic E-state index is -0.462. The molecule has 0 radical (unpaired) electrons. The Kier molecular flexibility index (Phi) is 5.38. The molecule has 1 heterocycles. The average molecular weight is 279 g/mol. The van der Waals surface area contributed by atoms with Gasteiger partial charge in [-0.25, -0.2) is 0 Å². The second-order valence-electron chi connectivity index (χ2n) is 4.50. The van der Waals surface area contributed by atoms with Crippen LogP contribution in [0.3, 0.4) is 0 Å². The first-order valence-corrected chi connectivity index (χ1v) is 7.00. The Balaban J connectivity index is 1.81. The number of amides is 1. The lowest BCUT2D eigenvalue weighted by atomic mass is 10.1. The van der Waals surface area contributed by atoms with Gasteiger partial charge < -0.3 is 19.5 Å². The second-order valence-corrected chi connectivity index (χ2v) is 4.50. The van der Waals surface area contributed by atoms with Crippen molar-refractivity contribution in [3.63, 3.8) is 0 Å². The van der Waals surface area contributed by atoms with Gasteiger partial charge >= 0.3 is 0 Å². The summed E-state index contributed by atoms with van der Waals surface area (Å²) < 4.78 is 16.4. The molecule has 2 rings (SSSR count). The number of carbonyl (C=O) groups is 1. The summed E-state index contributed by atoms with van der Waals surface area (Å²) in [5.74, 6) is 0.657. The lowest BCUT2D eigenvalue weighted by Crippen LogP contribution is -2.42. The highest BCUT2D eigenvalue weighted by Crippen LogP contribution is 2.28. The third-order valence-corrected chi connectivity index (χ3v) is 3.09. The van der Waals surface area contributed by atoms with Gasteiger partial charge in [0.05, 0.1) is 6.54 Å². The maximum absolute atomic E-state index is 12.1. The molecular formula is C15H21NO4. The zero-order valence-electron chi connectivity index (χ0n) is 11.9. The molecule has 0 saturated heterocycles. The molecule has 1 aromatic carbocycles. The largest absolute Gasteiger partial charge is 0.480 e. The molecule has 5 heteroatoms. The Morgan fingerprint density at radius 2 is 2.05 bits per heavy atom. The van der Waals surface area contributed by atoms with Gasteiger partial charge in [-0.15, -0.1) is 0 Å². The van der Waals surface area contributed by atoms with Crippen LogP contribution in [-0.2, 0) is 20.7 Å². The molecule has 0 fully saturated rings. The maximum atomic E-state index is 12.1. The van der Waals surface area contributed by atoms with E-state index in [2.05, 4.69) is 5.32 Å². The molecule has 1 atom stereocenters. The first-order valence-electron chi connectivity index (χ1n) is 7.00. The first kappa shape index (κ1) is 14.8. The molecule has 0 aromatic heterocycles. The molecule has 1 aromatic rings. The fourth-order valence-electron chi connectivity index (χ4n) is 2.16. The van der Waals surface area contributed by atoms with Crippen LogP contribution in [0.15, 0.2) is 24.3 Å². The minimum absolute atomic E-state index is 0.134. The van der Waals surface area contributed by atoms with E-state index in [1.807, 2.05) is 38.1 Å². The van der Waals surface area contributed by atoms with Crippen LogP contribution in [0.2, 0.25) is 0 Å². The Morgan fingerprint density at radius 3 is 2.70 bits per heavy atom. The van der Waals surface area contributed by atoms with Gasteiger partial charge in [0.1, 0.15) is 5.75 Å². The van der Waals surface area contributed by atoms with E-state index >= 15 is 0 Å². The standard InChI is InChI=1S/C15H21NO4/c1-3-18-14(19-4-2)10-16-15(17)13-9-11-7-5-6-8-12(11)20-13/h5-8,13-14H,3-4,9-10H2,1-2H3,(H,16,17). The Labute approximate surface area is 119 Å². The highest BCUT2D eigenvalue weighted by molar-refractivity contribution is 5.82. The van der Waals surface area contributed by atoms with E-state index in [-0.39, 0.29) is 5.91 Å². The number of rotatable bonds is 7. The number of ether oxygens (including phenoxy) is 3. The molecular weight excluding hydrogens is 258 g/mol. The molecule has 0 spiro atoms. The summed E-state index contributed by atoms with van der Waals surface area (Å²) in [6.07, 6.45) is -0.260. The lowest BCUT2D eigenvalue weighted by Gasteiger charge is -2.18. The van der Waals surface area contributed by atoms with Crippen LogP contribution in [-0.4, -0.2) is 38.1 Å². The SMILES string of the molecule is CCOC(CNC(=O)C1Cc2ccccc2O1)OCC. The molecule has 20 heavy (non-hydrogen) atoms. The number of para-hydroxylation sites is 1. The molecule has 1 unspecified atom stereocenters. The summed E-state index contributed by atoms with van der Waals surface area (Å²) in [5.41, 5.74) is 1.07. The number of benzene rings is 1. The van der Waals surface area contributed by atoms with Crippen molar-refractivity contribution < 1.29 is 19.0 Å². The van der Waals surface area contributed by atoms with Crippen LogP contribution < -0.4 is 10.1 Å². The zero-order chi connectivity index (χ0) is 14.4. The van der Waals surface area contributed by atoms with Crippen LogP contribution in [0.4, 0.5) is 0 Å². The topological polar surface area (TPSA) is 56.8 Å². The van der Waals surface area contributed by atoms with E-state index in [0.29, 0.717) is 26.2 Å². The predicted octanol–water partition coefficient (Wildman–Crippen LogP) is 1.51.